The summed E-state index contributed by atoms with van der Waals surface area (Å²) in [6.07, 6.45) is 0. The molecule has 0 unspecified atom stereocenters. The number of anilines is 1. The van der Waals surface area contributed by atoms with Crippen molar-refractivity contribution in [2.24, 2.45) is 0 Å². The first kappa shape index (κ1) is 14.7. The number of rotatable bonds is 5. The van der Waals surface area contributed by atoms with E-state index in [4.69, 9.17) is 4.74 Å². The van der Waals surface area contributed by atoms with Gasteiger partial charge in [-0.25, -0.2) is 18.2 Å². The van der Waals surface area contributed by atoms with Gasteiger partial charge in [-0.2, -0.15) is 4.98 Å². The Morgan fingerprint density at radius 2 is 2.14 bits per heavy atom. The fourth-order valence-corrected chi connectivity index (χ4v) is 3.05. The molecule has 1 aromatic heterocycles. The first-order valence-corrected chi connectivity index (χ1v) is 7.06. The molecule has 0 radical (unpaired) electrons. The van der Waals surface area contributed by atoms with Gasteiger partial charge >= 0.3 is 6.01 Å². The van der Waals surface area contributed by atoms with Gasteiger partial charge in [-0.3, -0.25) is 10.1 Å². The highest BCUT2D eigenvalue weighted by Crippen LogP contribution is 2.28. The van der Waals surface area contributed by atoms with E-state index >= 15 is 0 Å². The Bertz CT molecular complexity index is 785. The summed E-state index contributed by atoms with van der Waals surface area (Å²) < 4.78 is 31.4. The fourth-order valence-electron chi connectivity index (χ4n) is 1.69. The molecule has 0 aliphatic rings. The van der Waals surface area contributed by atoms with Crippen molar-refractivity contribution in [2.75, 3.05) is 11.8 Å². The molecule has 112 valence electrons. The number of hydrogen-bond donors (Lipinski definition) is 2. The maximum atomic E-state index is 12.3. The minimum absolute atomic E-state index is 0.0630. The van der Waals surface area contributed by atoms with E-state index in [1.807, 2.05) is 0 Å². The highest BCUT2D eigenvalue weighted by atomic mass is 32.2. The lowest BCUT2D eigenvalue weighted by atomic mass is 10.2. The Morgan fingerprint density at radius 3 is 2.71 bits per heavy atom. The first-order chi connectivity index (χ1) is 9.85. The van der Waals surface area contributed by atoms with Crippen molar-refractivity contribution in [1.29, 1.82) is 0 Å². The summed E-state index contributed by atoms with van der Waals surface area (Å²) in [7, 11) is -2.88. The second-order valence-corrected chi connectivity index (χ2v) is 5.58. The van der Waals surface area contributed by atoms with Crippen molar-refractivity contribution in [3.63, 3.8) is 0 Å². The summed E-state index contributed by atoms with van der Waals surface area (Å²) in [6.45, 7) is 1.46. The molecule has 0 atom stereocenters. The molecule has 1 aromatic carbocycles. The van der Waals surface area contributed by atoms with Crippen molar-refractivity contribution in [1.82, 2.24) is 15.2 Å². The largest absolute Gasteiger partial charge is 0.466 e. The Balaban J connectivity index is 2.47. The minimum Gasteiger partial charge on any atom is -0.466 e. The maximum absolute atomic E-state index is 12.3. The third-order valence-electron chi connectivity index (χ3n) is 2.54. The number of nitro benzene ring substituents is 1. The molecular formula is C10H11N5O5S. The third-order valence-corrected chi connectivity index (χ3v) is 4.07. The number of nitro groups is 1. The normalized spacial score (nSPS) is 11.1. The van der Waals surface area contributed by atoms with E-state index in [-0.39, 0.29) is 17.5 Å². The molecule has 2 N–H and O–H groups in total. The predicted octanol–water partition coefficient (Wildman–Crippen LogP) is 0.831. The zero-order valence-corrected chi connectivity index (χ0v) is 11.8. The van der Waals surface area contributed by atoms with E-state index in [9.17, 15) is 18.5 Å². The molecule has 11 heteroatoms. The van der Waals surface area contributed by atoms with Gasteiger partial charge in [-0.15, -0.1) is 5.10 Å². The lowest BCUT2D eigenvalue weighted by Crippen LogP contribution is -2.17. The number of methoxy groups -OCH3 is 1. The van der Waals surface area contributed by atoms with Crippen molar-refractivity contribution >= 4 is 21.7 Å². The maximum Gasteiger partial charge on any atom is 0.336 e. The van der Waals surface area contributed by atoms with E-state index in [1.54, 1.807) is 0 Å². The van der Waals surface area contributed by atoms with Crippen LogP contribution in [0.15, 0.2) is 23.1 Å². The van der Waals surface area contributed by atoms with E-state index in [2.05, 4.69) is 19.9 Å². The molecule has 2 rings (SSSR count). The monoisotopic (exact) mass is 313 g/mol. The molecular weight excluding hydrogens is 302 g/mol. The van der Waals surface area contributed by atoms with E-state index < -0.39 is 25.5 Å². The fraction of sp³-hybridized carbons (Fsp3) is 0.200. The van der Waals surface area contributed by atoms with E-state index in [1.165, 1.54) is 26.2 Å². The number of benzene rings is 1. The Morgan fingerprint density at radius 1 is 1.43 bits per heavy atom. The van der Waals surface area contributed by atoms with Gasteiger partial charge in [0, 0.05) is 6.07 Å². The van der Waals surface area contributed by atoms with Gasteiger partial charge < -0.3 is 4.74 Å². The summed E-state index contributed by atoms with van der Waals surface area (Å²) >= 11 is 0. The quantitative estimate of drug-likeness (QED) is 0.615. The SMILES string of the molecule is COc1n[nH]c(NS(=O)(=O)c2c(C)cccc2[N+](=O)[O-])n1. The number of hydrogen-bond acceptors (Lipinski definition) is 7. The van der Waals surface area contributed by atoms with Crippen molar-refractivity contribution in [3.05, 3.63) is 33.9 Å². The van der Waals surface area contributed by atoms with Crippen LogP contribution in [0.25, 0.3) is 0 Å². The van der Waals surface area contributed by atoms with Gasteiger partial charge in [-0.05, 0) is 12.5 Å². The van der Waals surface area contributed by atoms with Crippen LogP contribution in [-0.2, 0) is 10.0 Å². The molecule has 0 amide bonds. The average molecular weight is 313 g/mol. The number of sulfonamides is 1. The van der Waals surface area contributed by atoms with Crippen LogP contribution in [0.2, 0.25) is 0 Å². The Hall–Kier alpha value is -2.69. The molecule has 2 aromatic rings. The van der Waals surface area contributed by atoms with Crippen LogP contribution in [0.5, 0.6) is 6.01 Å². The van der Waals surface area contributed by atoms with Crippen molar-refractivity contribution < 1.29 is 18.1 Å². The topological polar surface area (TPSA) is 140 Å². The highest BCUT2D eigenvalue weighted by molar-refractivity contribution is 7.92. The Labute approximate surface area is 119 Å². The molecule has 0 spiro atoms. The number of ether oxygens (including phenoxy) is 1. The van der Waals surface area contributed by atoms with Crippen LogP contribution >= 0.6 is 0 Å². The summed E-state index contributed by atoms with van der Waals surface area (Å²) in [5.41, 5.74) is -0.280. The van der Waals surface area contributed by atoms with Crippen molar-refractivity contribution in [2.45, 2.75) is 11.8 Å². The van der Waals surface area contributed by atoms with Gasteiger partial charge in [0.25, 0.3) is 15.7 Å². The van der Waals surface area contributed by atoms with Crippen LogP contribution in [0.1, 0.15) is 5.56 Å². The minimum atomic E-state index is -4.20. The second kappa shape index (κ2) is 5.36. The van der Waals surface area contributed by atoms with Gasteiger partial charge in [0.05, 0.1) is 12.0 Å². The molecule has 1 heterocycles. The lowest BCUT2D eigenvalue weighted by Gasteiger charge is -2.08. The van der Waals surface area contributed by atoms with Gasteiger partial charge in [0.1, 0.15) is 0 Å². The van der Waals surface area contributed by atoms with Crippen LogP contribution in [0.4, 0.5) is 11.6 Å². The first-order valence-electron chi connectivity index (χ1n) is 5.58. The van der Waals surface area contributed by atoms with Crippen LogP contribution in [-0.4, -0.2) is 35.6 Å². The number of nitrogens with zero attached hydrogens (tertiary/aromatic N) is 3. The van der Waals surface area contributed by atoms with Gasteiger partial charge in [0.2, 0.25) is 5.95 Å². The summed E-state index contributed by atoms with van der Waals surface area (Å²) in [5, 5.41) is 16.9. The molecule has 10 nitrogen and oxygen atoms in total. The molecule has 0 saturated heterocycles. The standard InChI is InChI=1S/C10H11N5O5S/c1-6-4-3-5-7(15(16)17)8(6)21(18,19)14-9-11-10(20-2)13-12-9/h3-5H,1-2H3,(H2,11,12,13,14). The van der Waals surface area contributed by atoms with Gasteiger partial charge in [-0.1, -0.05) is 12.1 Å². The van der Waals surface area contributed by atoms with Crippen LogP contribution in [0.3, 0.4) is 0 Å². The third kappa shape index (κ3) is 2.91. The number of nitrogens with one attached hydrogen (secondary N) is 2. The smallest absolute Gasteiger partial charge is 0.336 e. The molecule has 0 fully saturated rings. The zero-order chi connectivity index (χ0) is 15.6. The number of aromatic amines is 1. The molecule has 0 aliphatic heterocycles. The van der Waals surface area contributed by atoms with Crippen LogP contribution in [0, 0.1) is 17.0 Å². The molecule has 0 bridgehead atoms. The molecule has 0 aliphatic carbocycles. The zero-order valence-electron chi connectivity index (χ0n) is 11.0. The summed E-state index contributed by atoms with van der Waals surface area (Å²) in [4.78, 5) is 13.5. The molecule has 21 heavy (non-hydrogen) atoms. The number of H-pyrrole nitrogens is 1. The van der Waals surface area contributed by atoms with Crippen molar-refractivity contribution in [3.8, 4) is 6.01 Å². The number of aryl methyl sites for hydroxylation is 1. The average Bonchev–Trinajstić information content (AvgIpc) is 2.84. The van der Waals surface area contributed by atoms with E-state index in [0.717, 1.165) is 6.07 Å². The second-order valence-electron chi connectivity index (χ2n) is 3.96. The molecule has 0 saturated carbocycles. The number of aromatic nitrogens is 3. The van der Waals surface area contributed by atoms with E-state index in [0.29, 0.717) is 0 Å². The van der Waals surface area contributed by atoms with Gasteiger partial charge in [0.15, 0.2) is 4.90 Å². The lowest BCUT2D eigenvalue weighted by molar-refractivity contribution is -0.387. The summed E-state index contributed by atoms with van der Waals surface area (Å²) in [5.74, 6) is -0.204. The summed E-state index contributed by atoms with van der Waals surface area (Å²) in [6, 6.07) is 3.92. The highest BCUT2D eigenvalue weighted by Gasteiger charge is 2.28. The van der Waals surface area contributed by atoms with Crippen LogP contribution < -0.4 is 9.46 Å². The Kier molecular flexibility index (Phi) is 3.76. The predicted molar refractivity (Wildman–Crippen MR) is 71.6 cm³/mol.